The van der Waals surface area contributed by atoms with Crippen molar-refractivity contribution in [3.05, 3.63) is 102 Å². The largest absolute Gasteiger partial charge is 0.493 e. The number of ether oxygens (including phenoxy) is 1. The third-order valence-electron chi connectivity index (χ3n) is 3.49. The molecule has 0 aliphatic heterocycles. The van der Waals surface area contributed by atoms with Crippen LogP contribution in [-0.2, 0) is 6.42 Å². The molecule has 0 radical (unpaired) electrons. The molecule has 3 nitrogen and oxygen atoms in total. The Hall–Kier alpha value is -2.78. The molecule has 2 aromatic carbocycles. The van der Waals surface area contributed by atoms with Crippen LogP contribution in [-0.4, -0.2) is 12.5 Å². The van der Waals surface area contributed by atoms with Gasteiger partial charge in [-0.1, -0.05) is 49.0 Å². The SMILES string of the molecule is C=C/C=C(\C=C)NC(=O)c1ccccc1CCOc1ccc(Cl)cc1. The molecule has 2 aromatic rings. The molecule has 1 amide bonds. The van der Waals surface area contributed by atoms with Gasteiger partial charge in [0.1, 0.15) is 5.75 Å². The normalized spacial score (nSPS) is 10.8. The average molecular weight is 354 g/mol. The average Bonchev–Trinajstić information content (AvgIpc) is 2.63. The summed E-state index contributed by atoms with van der Waals surface area (Å²) in [5.41, 5.74) is 2.13. The zero-order valence-electron chi connectivity index (χ0n) is 13.9. The maximum atomic E-state index is 12.5. The van der Waals surface area contributed by atoms with Gasteiger partial charge in [0.05, 0.1) is 6.61 Å². The third-order valence-corrected chi connectivity index (χ3v) is 3.74. The Morgan fingerprint density at radius 2 is 1.84 bits per heavy atom. The number of benzene rings is 2. The summed E-state index contributed by atoms with van der Waals surface area (Å²) in [6.07, 6.45) is 5.48. The van der Waals surface area contributed by atoms with Crippen molar-refractivity contribution in [1.82, 2.24) is 5.32 Å². The Morgan fingerprint density at radius 1 is 1.12 bits per heavy atom. The van der Waals surface area contributed by atoms with E-state index in [1.807, 2.05) is 30.3 Å². The highest BCUT2D eigenvalue weighted by Crippen LogP contribution is 2.16. The molecule has 0 aromatic heterocycles. The van der Waals surface area contributed by atoms with E-state index in [9.17, 15) is 4.79 Å². The molecule has 0 aliphatic carbocycles. The van der Waals surface area contributed by atoms with Crippen LogP contribution in [0.3, 0.4) is 0 Å². The van der Waals surface area contributed by atoms with Crippen molar-refractivity contribution in [3.63, 3.8) is 0 Å². The zero-order valence-corrected chi connectivity index (χ0v) is 14.6. The minimum atomic E-state index is -0.185. The highest BCUT2D eigenvalue weighted by molar-refractivity contribution is 6.30. The minimum absolute atomic E-state index is 0.185. The van der Waals surface area contributed by atoms with E-state index < -0.39 is 0 Å². The lowest BCUT2D eigenvalue weighted by molar-refractivity contribution is 0.0966. The Labute approximate surface area is 153 Å². The number of nitrogens with one attached hydrogen (secondary N) is 1. The van der Waals surface area contributed by atoms with Gasteiger partial charge in [0.25, 0.3) is 5.91 Å². The van der Waals surface area contributed by atoms with Crippen LogP contribution in [0.5, 0.6) is 5.75 Å². The van der Waals surface area contributed by atoms with E-state index in [0.717, 1.165) is 11.3 Å². The fraction of sp³-hybridized carbons (Fsp3) is 0.0952. The van der Waals surface area contributed by atoms with Crippen LogP contribution < -0.4 is 10.1 Å². The van der Waals surface area contributed by atoms with Gasteiger partial charge in [0.15, 0.2) is 0 Å². The molecule has 0 spiro atoms. The zero-order chi connectivity index (χ0) is 18.1. The van der Waals surface area contributed by atoms with Gasteiger partial charge < -0.3 is 10.1 Å². The Morgan fingerprint density at radius 3 is 2.52 bits per heavy atom. The van der Waals surface area contributed by atoms with E-state index in [2.05, 4.69) is 18.5 Å². The molecule has 25 heavy (non-hydrogen) atoms. The molecule has 1 N–H and O–H groups in total. The number of carbonyl (C=O) groups excluding carboxylic acids is 1. The first-order chi connectivity index (χ1) is 12.1. The lowest BCUT2D eigenvalue weighted by Gasteiger charge is -2.11. The predicted octanol–water partition coefficient (Wildman–Crippen LogP) is 4.95. The van der Waals surface area contributed by atoms with Crippen LogP contribution in [0.2, 0.25) is 5.02 Å². The number of amides is 1. The van der Waals surface area contributed by atoms with Crippen LogP contribution in [0.1, 0.15) is 15.9 Å². The summed E-state index contributed by atoms with van der Waals surface area (Å²) in [6.45, 7) is 7.76. The van der Waals surface area contributed by atoms with Gasteiger partial charge in [-0.05, 0) is 48.0 Å². The summed E-state index contributed by atoms with van der Waals surface area (Å²) in [5.74, 6) is 0.560. The van der Waals surface area contributed by atoms with E-state index in [4.69, 9.17) is 16.3 Å². The molecular formula is C21H20ClNO2. The number of halogens is 1. The van der Waals surface area contributed by atoms with E-state index in [1.165, 1.54) is 0 Å². The molecule has 0 unspecified atom stereocenters. The van der Waals surface area contributed by atoms with Crippen molar-refractivity contribution in [2.45, 2.75) is 6.42 Å². The first kappa shape index (κ1) is 18.6. The predicted molar refractivity (Wildman–Crippen MR) is 103 cm³/mol. The van der Waals surface area contributed by atoms with E-state index in [-0.39, 0.29) is 5.91 Å². The molecule has 2 rings (SSSR count). The van der Waals surface area contributed by atoms with E-state index in [1.54, 1.807) is 36.4 Å². The molecule has 0 saturated carbocycles. The van der Waals surface area contributed by atoms with Crippen molar-refractivity contribution < 1.29 is 9.53 Å². The van der Waals surface area contributed by atoms with Crippen molar-refractivity contribution in [3.8, 4) is 5.75 Å². The van der Waals surface area contributed by atoms with Gasteiger partial charge in [-0.2, -0.15) is 0 Å². The lowest BCUT2D eigenvalue weighted by Crippen LogP contribution is -2.23. The van der Waals surface area contributed by atoms with E-state index >= 15 is 0 Å². The number of hydrogen-bond donors (Lipinski definition) is 1. The van der Waals surface area contributed by atoms with Crippen molar-refractivity contribution >= 4 is 17.5 Å². The maximum Gasteiger partial charge on any atom is 0.255 e. The molecule has 0 bridgehead atoms. The van der Waals surface area contributed by atoms with Gasteiger partial charge in [0, 0.05) is 22.7 Å². The van der Waals surface area contributed by atoms with Gasteiger partial charge in [0.2, 0.25) is 0 Å². The van der Waals surface area contributed by atoms with Crippen LogP contribution in [0.4, 0.5) is 0 Å². The summed E-state index contributed by atoms with van der Waals surface area (Å²) >= 11 is 5.86. The topological polar surface area (TPSA) is 38.3 Å². The van der Waals surface area contributed by atoms with Crippen LogP contribution in [0.15, 0.2) is 85.6 Å². The minimum Gasteiger partial charge on any atom is -0.493 e. The van der Waals surface area contributed by atoms with Crippen LogP contribution >= 0.6 is 11.6 Å². The number of carbonyl (C=O) groups is 1. The lowest BCUT2D eigenvalue weighted by atomic mass is 10.0. The second-order valence-corrected chi connectivity index (χ2v) is 5.66. The number of allylic oxidation sites excluding steroid dienone is 3. The highest BCUT2D eigenvalue weighted by atomic mass is 35.5. The third kappa shape index (κ3) is 5.66. The smallest absolute Gasteiger partial charge is 0.255 e. The van der Waals surface area contributed by atoms with Gasteiger partial charge in [-0.3, -0.25) is 4.79 Å². The summed E-state index contributed by atoms with van der Waals surface area (Å²) in [7, 11) is 0. The highest BCUT2D eigenvalue weighted by Gasteiger charge is 2.11. The van der Waals surface area contributed by atoms with Crippen LogP contribution in [0, 0.1) is 0 Å². The Kier molecular flexibility index (Phi) is 7.05. The first-order valence-electron chi connectivity index (χ1n) is 7.87. The molecule has 4 heteroatoms. The first-order valence-corrected chi connectivity index (χ1v) is 8.24. The van der Waals surface area contributed by atoms with Gasteiger partial charge in [-0.25, -0.2) is 0 Å². The van der Waals surface area contributed by atoms with Crippen molar-refractivity contribution in [2.24, 2.45) is 0 Å². The second-order valence-electron chi connectivity index (χ2n) is 5.23. The molecule has 128 valence electrons. The Balaban J connectivity index is 2.03. The molecule has 0 aliphatic rings. The summed E-state index contributed by atoms with van der Waals surface area (Å²) in [6, 6.07) is 14.6. The number of hydrogen-bond acceptors (Lipinski definition) is 2. The Bertz CT molecular complexity index is 779. The summed E-state index contributed by atoms with van der Waals surface area (Å²) in [5, 5.41) is 3.48. The van der Waals surface area contributed by atoms with Crippen molar-refractivity contribution in [1.29, 1.82) is 0 Å². The standard InChI is InChI=1S/C21H20ClNO2/c1-3-7-18(4-2)23-21(24)20-9-6-5-8-16(20)14-15-25-19-12-10-17(22)11-13-19/h3-13H,1-2,14-15H2,(H,23,24)/b18-7+. The molecule has 0 saturated heterocycles. The fourth-order valence-corrected chi connectivity index (χ4v) is 2.38. The molecule has 0 heterocycles. The summed E-state index contributed by atoms with van der Waals surface area (Å²) in [4.78, 5) is 12.5. The summed E-state index contributed by atoms with van der Waals surface area (Å²) < 4.78 is 5.71. The molecule has 0 atom stereocenters. The maximum absolute atomic E-state index is 12.5. The van der Waals surface area contributed by atoms with Crippen molar-refractivity contribution in [2.75, 3.05) is 6.61 Å². The van der Waals surface area contributed by atoms with Gasteiger partial charge in [-0.15, -0.1) is 0 Å². The molecular weight excluding hydrogens is 334 g/mol. The number of rotatable bonds is 8. The monoisotopic (exact) mass is 353 g/mol. The van der Waals surface area contributed by atoms with Crippen LogP contribution in [0.25, 0.3) is 0 Å². The van der Waals surface area contributed by atoms with E-state index in [0.29, 0.717) is 29.3 Å². The fourth-order valence-electron chi connectivity index (χ4n) is 2.26. The molecule has 0 fully saturated rings. The quantitative estimate of drug-likeness (QED) is 0.682. The van der Waals surface area contributed by atoms with Gasteiger partial charge >= 0.3 is 0 Å². The second kappa shape index (κ2) is 9.50.